The van der Waals surface area contributed by atoms with Crippen molar-refractivity contribution < 1.29 is 14.6 Å². The number of hydrogen-bond donors (Lipinski definition) is 3. The molecule has 2 aromatic heterocycles. The van der Waals surface area contributed by atoms with Crippen LogP contribution in [0.3, 0.4) is 0 Å². The highest BCUT2D eigenvalue weighted by Gasteiger charge is 2.22. The molecule has 1 aliphatic rings. The molecule has 0 saturated heterocycles. The van der Waals surface area contributed by atoms with Gasteiger partial charge in [0, 0.05) is 60.3 Å². The molecular formula is C29H32N4O3. The van der Waals surface area contributed by atoms with Gasteiger partial charge in [0.1, 0.15) is 11.4 Å². The number of methoxy groups -OCH3 is 1. The van der Waals surface area contributed by atoms with E-state index >= 15 is 0 Å². The fraction of sp³-hybridized carbons (Fsp3) is 0.310. The molecule has 7 heteroatoms. The molecule has 0 radical (unpaired) electrons. The van der Waals surface area contributed by atoms with Gasteiger partial charge in [0.05, 0.1) is 18.8 Å². The highest BCUT2D eigenvalue weighted by atomic mass is 16.5. The Morgan fingerprint density at radius 1 is 1.06 bits per heavy atom. The SMILES string of the molecule is COc1ccccc1-c1c[nH]c2ncc(-c3ccc(N[C@H]4CC[C@H](O)CC4)c(C(=O)N(C)C)c3)cc12. The zero-order valence-electron chi connectivity index (χ0n) is 20.9. The predicted molar refractivity (Wildman–Crippen MR) is 143 cm³/mol. The molecule has 0 bridgehead atoms. The van der Waals surface area contributed by atoms with Crippen LogP contribution in [0.5, 0.6) is 5.75 Å². The van der Waals surface area contributed by atoms with Crippen LogP contribution in [0.25, 0.3) is 33.3 Å². The number of aromatic nitrogens is 2. The van der Waals surface area contributed by atoms with Crippen molar-refractivity contribution in [3.63, 3.8) is 0 Å². The maximum Gasteiger partial charge on any atom is 0.255 e. The molecular weight excluding hydrogens is 452 g/mol. The first-order valence-electron chi connectivity index (χ1n) is 12.4. The molecule has 1 amide bonds. The Hall–Kier alpha value is -3.84. The fourth-order valence-electron chi connectivity index (χ4n) is 4.96. The van der Waals surface area contributed by atoms with Crippen molar-refractivity contribution in [2.24, 2.45) is 0 Å². The molecule has 1 aliphatic carbocycles. The molecule has 0 aliphatic heterocycles. The number of aliphatic hydroxyl groups is 1. The van der Waals surface area contributed by atoms with Crippen LogP contribution in [-0.4, -0.2) is 59.2 Å². The summed E-state index contributed by atoms with van der Waals surface area (Å²) in [6.45, 7) is 0. The van der Waals surface area contributed by atoms with Crippen LogP contribution in [0, 0.1) is 0 Å². The van der Waals surface area contributed by atoms with Gasteiger partial charge in [-0.3, -0.25) is 4.79 Å². The van der Waals surface area contributed by atoms with Crippen molar-refractivity contribution in [3.05, 3.63) is 66.5 Å². The maximum atomic E-state index is 13.1. The number of H-pyrrole nitrogens is 1. The average molecular weight is 485 g/mol. The number of carbonyl (C=O) groups is 1. The second-order valence-corrected chi connectivity index (χ2v) is 9.63. The van der Waals surface area contributed by atoms with Gasteiger partial charge in [-0.2, -0.15) is 0 Å². The number of carbonyl (C=O) groups excluding carboxylic acids is 1. The number of rotatable bonds is 6. The van der Waals surface area contributed by atoms with Crippen LogP contribution in [-0.2, 0) is 0 Å². The number of hydrogen-bond acceptors (Lipinski definition) is 5. The molecule has 3 N–H and O–H groups in total. The quantitative estimate of drug-likeness (QED) is 0.344. The number of aliphatic hydroxyl groups excluding tert-OH is 1. The van der Waals surface area contributed by atoms with Gasteiger partial charge in [0.25, 0.3) is 5.91 Å². The summed E-state index contributed by atoms with van der Waals surface area (Å²) in [7, 11) is 5.21. The van der Waals surface area contributed by atoms with Crippen molar-refractivity contribution in [1.82, 2.24) is 14.9 Å². The van der Waals surface area contributed by atoms with Crippen LogP contribution < -0.4 is 10.1 Å². The Balaban J connectivity index is 1.53. The number of para-hydroxylation sites is 1. The molecule has 1 saturated carbocycles. The van der Waals surface area contributed by atoms with Gasteiger partial charge in [-0.05, 0) is 55.5 Å². The molecule has 186 valence electrons. The van der Waals surface area contributed by atoms with Crippen LogP contribution >= 0.6 is 0 Å². The minimum absolute atomic E-state index is 0.0550. The third-order valence-corrected chi connectivity index (χ3v) is 6.97. The number of benzene rings is 2. The van der Waals surface area contributed by atoms with Crippen molar-refractivity contribution in [2.45, 2.75) is 37.8 Å². The summed E-state index contributed by atoms with van der Waals surface area (Å²) in [4.78, 5) is 22.7. The van der Waals surface area contributed by atoms with Gasteiger partial charge in [0.15, 0.2) is 0 Å². The van der Waals surface area contributed by atoms with Gasteiger partial charge >= 0.3 is 0 Å². The monoisotopic (exact) mass is 484 g/mol. The van der Waals surface area contributed by atoms with Crippen LogP contribution in [0.2, 0.25) is 0 Å². The van der Waals surface area contributed by atoms with E-state index in [0.29, 0.717) is 5.56 Å². The first-order chi connectivity index (χ1) is 17.4. The average Bonchev–Trinajstić information content (AvgIpc) is 3.33. The zero-order chi connectivity index (χ0) is 25.2. The van der Waals surface area contributed by atoms with E-state index in [2.05, 4.69) is 21.4 Å². The van der Waals surface area contributed by atoms with E-state index in [0.717, 1.165) is 70.4 Å². The summed E-state index contributed by atoms with van der Waals surface area (Å²) < 4.78 is 5.58. The Morgan fingerprint density at radius 2 is 1.83 bits per heavy atom. The first kappa shape index (κ1) is 23.9. The summed E-state index contributed by atoms with van der Waals surface area (Å²) in [6, 6.07) is 16.2. The zero-order valence-corrected chi connectivity index (χ0v) is 20.9. The third-order valence-electron chi connectivity index (χ3n) is 6.97. The predicted octanol–water partition coefficient (Wildman–Crippen LogP) is 5.32. The van der Waals surface area contributed by atoms with E-state index in [1.54, 1.807) is 26.1 Å². The Morgan fingerprint density at radius 3 is 2.58 bits per heavy atom. The minimum atomic E-state index is -0.218. The lowest BCUT2D eigenvalue weighted by Gasteiger charge is -2.28. The molecule has 0 spiro atoms. The molecule has 0 atom stereocenters. The topological polar surface area (TPSA) is 90.5 Å². The molecule has 2 aromatic carbocycles. The lowest BCUT2D eigenvalue weighted by atomic mass is 9.92. The first-order valence-corrected chi connectivity index (χ1v) is 12.4. The Labute approximate surface area is 211 Å². The number of pyridine rings is 1. The van der Waals surface area contributed by atoms with Crippen molar-refractivity contribution in [1.29, 1.82) is 0 Å². The number of nitrogens with zero attached hydrogens (tertiary/aromatic N) is 2. The lowest BCUT2D eigenvalue weighted by molar-refractivity contribution is 0.0828. The summed E-state index contributed by atoms with van der Waals surface area (Å²) >= 11 is 0. The highest BCUT2D eigenvalue weighted by Crippen LogP contribution is 2.36. The number of amides is 1. The van der Waals surface area contributed by atoms with Gasteiger partial charge in [-0.25, -0.2) is 4.98 Å². The number of aromatic amines is 1. The van der Waals surface area contributed by atoms with Gasteiger partial charge in [0.2, 0.25) is 0 Å². The van der Waals surface area contributed by atoms with E-state index in [-0.39, 0.29) is 18.1 Å². The van der Waals surface area contributed by atoms with E-state index in [4.69, 9.17) is 4.74 Å². The van der Waals surface area contributed by atoms with Gasteiger partial charge < -0.3 is 25.0 Å². The molecule has 5 rings (SSSR count). The lowest BCUT2D eigenvalue weighted by Crippen LogP contribution is -2.30. The summed E-state index contributed by atoms with van der Waals surface area (Å²) in [5.74, 6) is 0.744. The second kappa shape index (κ2) is 10.0. The summed E-state index contributed by atoms with van der Waals surface area (Å²) in [6.07, 6.45) is 6.91. The van der Waals surface area contributed by atoms with Crippen molar-refractivity contribution in [3.8, 4) is 28.0 Å². The minimum Gasteiger partial charge on any atom is -0.496 e. The normalized spacial score (nSPS) is 17.7. The van der Waals surface area contributed by atoms with Crippen LogP contribution in [0.4, 0.5) is 5.69 Å². The molecule has 0 unspecified atom stereocenters. The number of ether oxygens (including phenoxy) is 1. The largest absolute Gasteiger partial charge is 0.496 e. The molecule has 2 heterocycles. The smallest absolute Gasteiger partial charge is 0.255 e. The fourth-order valence-corrected chi connectivity index (χ4v) is 4.96. The Kier molecular flexibility index (Phi) is 6.65. The van der Waals surface area contributed by atoms with Crippen molar-refractivity contribution >= 4 is 22.6 Å². The molecule has 4 aromatic rings. The van der Waals surface area contributed by atoms with E-state index < -0.39 is 0 Å². The number of fused-ring (bicyclic) bond motifs is 1. The second-order valence-electron chi connectivity index (χ2n) is 9.63. The van der Waals surface area contributed by atoms with Gasteiger partial charge in [-0.15, -0.1) is 0 Å². The van der Waals surface area contributed by atoms with Crippen LogP contribution in [0.15, 0.2) is 60.9 Å². The van der Waals surface area contributed by atoms with Crippen molar-refractivity contribution in [2.75, 3.05) is 26.5 Å². The summed E-state index contributed by atoms with van der Waals surface area (Å²) in [5.41, 5.74) is 6.10. The number of nitrogens with one attached hydrogen (secondary N) is 2. The summed E-state index contributed by atoms with van der Waals surface area (Å²) in [5, 5.41) is 14.4. The Bertz CT molecular complexity index is 1390. The molecule has 7 nitrogen and oxygen atoms in total. The molecule has 36 heavy (non-hydrogen) atoms. The van der Waals surface area contributed by atoms with E-state index in [1.807, 2.05) is 54.9 Å². The van der Waals surface area contributed by atoms with E-state index in [9.17, 15) is 9.90 Å². The van der Waals surface area contributed by atoms with Gasteiger partial charge in [-0.1, -0.05) is 24.3 Å². The molecule has 1 fully saturated rings. The highest BCUT2D eigenvalue weighted by molar-refractivity contribution is 6.01. The van der Waals surface area contributed by atoms with E-state index in [1.165, 1.54) is 0 Å². The third kappa shape index (κ3) is 4.66. The standard InChI is InChI=1S/C29H32N4O3/c1-33(2)29(35)24-14-18(8-13-26(24)32-20-9-11-21(34)12-10-20)19-15-23-25(17-31-28(23)30-16-19)22-6-4-5-7-27(22)36-3/h4-8,13-17,20-21,32,34H,9-12H2,1-3H3,(H,30,31)/t20-,21-. The van der Waals surface area contributed by atoms with Crippen LogP contribution in [0.1, 0.15) is 36.0 Å². The maximum absolute atomic E-state index is 13.1. The number of anilines is 1.